The Bertz CT molecular complexity index is 1190. The van der Waals surface area contributed by atoms with Crippen molar-refractivity contribution in [3.05, 3.63) is 139 Å². The van der Waals surface area contributed by atoms with Crippen molar-refractivity contribution in [1.82, 2.24) is 0 Å². The van der Waals surface area contributed by atoms with Gasteiger partial charge < -0.3 is 9.31 Å². The van der Waals surface area contributed by atoms with E-state index in [9.17, 15) is 0 Å². The minimum absolute atomic E-state index is 0.377. The average molecular weight is 460 g/mol. The molecule has 0 aromatic heterocycles. The molecule has 176 valence electrons. The van der Waals surface area contributed by atoms with Gasteiger partial charge in [-0.1, -0.05) is 116 Å². The quantitative estimate of drug-likeness (QED) is 0.210. The molecule has 35 heavy (non-hydrogen) atoms. The molecule has 0 saturated carbocycles. The highest BCUT2D eigenvalue weighted by Crippen LogP contribution is 2.38. The highest BCUT2D eigenvalue weighted by molar-refractivity contribution is 6.62. The van der Waals surface area contributed by atoms with E-state index in [2.05, 4.69) is 114 Å². The van der Waals surface area contributed by atoms with E-state index in [1.54, 1.807) is 0 Å². The summed E-state index contributed by atoms with van der Waals surface area (Å²) in [6, 6.07) is 29.4. The zero-order valence-electron chi connectivity index (χ0n) is 21.1. The lowest BCUT2D eigenvalue weighted by atomic mass is 9.77. The third-order valence-electron chi connectivity index (χ3n) is 6.91. The Hall–Kier alpha value is -3.40. The summed E-state index contributed by atoms with van der Waals surface area (Å²) in [6.07, 6.45) is 5.71. The van der Waals surface area contributed by atoms with Crippen LogP contribution in [0.15, 0.2) is 122 Å². The standard InChI is InChI=1S/C32H33BO2/c1-7-15-24(8-2)29(30(25-16-11-9-12-17-25)26-18-13-10-14-19-26)27-20-22-28(23-21-27)33-34-31(3,4)32(5,6)35-33/h7-23H,1-2H2,3-6H3/b24-15+. The van der Waals surface area contributed by atoms with Gasteiger partial charge in [-0.3, -0.25) is 0 Å². The maximum atomic E-state index is 6.27. The summed E-state index contributed by atoms with van der Waals surface area (Å²) in [5, 5.41) is 0. The Morgan fingerprint density at radius 3 is 1.60 bits per heavy atom. The molecule has 1 aliphatic rings. The van der Waals surface area contributed by atoms with Crippen molar-refractivity contribution < 1.29 is 9.31 Å². The van der Waals surface area contributed by atoms with Gasteiger partial charge in [0.25, 0.3) is 0 Å². The second-order valence-electron chi connectivity index (χ2n) is 9.75. The molecule has 0 amide bonds. The molecule has 0 bridgehead atoms. The zero-order valence-corrected chi connectivity index (χ0v) is 21.1. The van der Waals surface area contributed by atoms with Crippen molar-refractivity contribution in [3.63, 3.8) is 0 Å². The van der Waals surface area contributed by atoms with Gasteiger partial charge in [-0.2, -0.15) is 0 Å². The summed E-state index contributed by atoms with van der Waals surface area (Å²) < 4.78 is 12.5. The topological polar surface area (TPSA) is 18.5 Å². The number of hydrogen-bond donors (Lipinski definition) is 0. The molecule has 0 unspecified atom stereocenters. The first-order valence-electron chi connectivity index (χ1n) is 12.0. The monoisotopic (exact) mass is 460 g/mol. The summed E-state index contributed by atoms with van der Waals surface area (Å²) in [6.45, 7) is 16.4. The molecule has 2 nitrogen and oxygen atoms in total. The molecule has 0 radical (unpaired) electrons. The predicted octanol–water partition coefficient (Wildman–Crippen LogP) is 7.24. The van der Waals surface area contributed by atoms with Gasteiger partial charge in [0.2, 0.25) is 0 Å². The van der Waals surface area contributed by atoms with E-state index in [1.807, 2.05) is 30.4 Å². The van der Waals surface area contributed by atoms with Crippen LogP contribution in [0.2, 0.25) is 0 Å². The van der Waals surface area contributed by atoms with Gasteiger partial charge >= 0.3 is 7.12 Å². The smallest absolute Gasteiger partial charge is 0.399 e. The fourth-order valence-electron chi connectivity index (χ4n) is 4.29. The van der Waals surface area contributed by atoms with E-state index < -0.39 is 7.12 Å². The van der Waals surface area contributed by atoms with Crippen LogP contribution < -0.4 is 5.46 Å². The molecule has 4 rings (SSSR count). The third kappa shape index (κ3) is 5.02. The van der Waals surface area contributed by atoms with E-state index in [0.29, 0.717) is 0 Å². The van der Waals surface area contributed by atoms with E-state index in [0.717, 1.165) is 38.9 Å². The Morgan fingerprint density at radius 2 is 1.17 bits per heavy atom. The highest BCUT2D eigenvalue weighted by Gasteiger charge is 2.51. The molecule has 1 aliphatic heterocycles. The average Bonchev–Trinajstić information content (AvgIpc) is 3.09. The first-order chi connectivity index (χ1) is 16.8. The van der Waals surface area contributed by atoms with Crippen LogP contribution in [0.1, 0.15) is 44.4 Å². The Balaban J connectivity index is 1.89. The number of hydrogen-bond acceptors (Lipinski definition) is 2. The molecular weight excluding hydrogens is 427 g/mol. The van der Waals surface area contributed by atoms with Crippen LogP contribution >= 0.6 is 0 Å². The first-order valence-corrected chi connectivity index (χ1v) is 12.0. The summed E-state index contributed by atoms with van der Waals surface area (Å²) in [4.78, 5) is 0. The molecule has 0 N–H and O–H groups in total. The van der Waals surface area contributed by atoms with Gasteiger partial charge in [-0.25, -0.2) is 0 Å². The lowest BCUT2D eigenvalue weighted by Gasteiger charge is -2.32. The van der Waals surface area contributed by atoms with Gasteiger partial charge in [0, 0.05) is 0 Å². The molecule has 1 fully saturated rings. The van der Waals surface area contributed by atoms with E-state index in [4.69, 9.17) is 9.31 Å². The van der Waals surface area contributed by atoms with E-state index >= 15 is 0 Å². The first kappa shape index (κ1) is 24.7. The largest absolute Gasteiger partial charge is 0.494 e. The van der Waals surface area contributed by atoms with Gasteiger partial charge in [-0.05, 0) is 66.6 Å². The van der Waals surface area contributed by atoms with Crippen molar-refractivity contribution in [1.29, 1.82) is 0 Å². The van der Waals surface area contributed by atoms with E-state index in [-0.39, 0.29) is 11.2 Å². The molecule has 3 heteroatoms. The van der Waals surface area contributed by atoms with Crippen molar-refractivity contribution in [2.45, 2.75) is 38.9 Å². The lowest BCUT2D eigenvalue weighted by molar-refractivity contribution is 0.00578. The summed E-state index contributed by atoms with van der Waals surface area (Å²) in [5.74, 6) is 0. The van der Waals surface area contributed by atoms with Gasteiger partial charge in [0.05, 0.1) is 11.2 Å². The van der Waals surface area contributed by atoms with Crippen molar-refractivity contribution in [2.75, 3.05) is 0 Å². The zero-order chi connectivity index (χ0) is 25.1. The SMILES string of the molecule is C=C/C=C(\C=C)C(=C(c1ccccc1)c1ccccc1)c1ccc(B2OC(C)(C)C(C)(C)O2)cc1. The number of benzene rings is 3. The molecule has 1 heterocycles. The van der Waals surface area contributed by atoms with Gasteiger partial charge in [0.15, 0.2) is 0 Å². The van der Waals surface area contributed by atoms with Gasteiger partial charge in [0.1, 0.15) is 0 Å². The molecule has 0 aliphatic carbocycles. The number of rotatable bonds is 7. The molecule has 3 aromatic carbocycles. The van der Waals surface area contributed by atoms with E-state index in [1.165, 1.54) is 0 Å². The van der Waals surface area contributed by atoms with Gasteiger partial charge in [-0.15, -0.1) is 0 Å². The summed E-state index contributed by atoms with van der Waals surface area (Å²) in [5.41, 5.74) is 6.85. The minimum Gasteiger partial charge on any atom is -0.399 e. The van der Waals surface area contributed by atoms with Crippen LogP contribution in [0.5, 0.6) is 0 Å². The predicted molar refractivity (Wildman–Crippen MR) is 149 cm³/mol. The molecule has 0 atom stereocenters. The Morgan fingerprint density at radius 1 is 0.686 bits per heavy atom. The van der Waals surface area contributed by atoms with Crippen LogP contribution in [0.4, 0.5) is 0 Å². The van der Waals surface area contributed by atoms with Crippen molar-refractivity contribution in [3.8, 4) is 0 Å². The fraction of sp³-hybridized carbons (Fsp3) is 0.188. The van der Waals surface area contributed by atoms with Crippen LogP contribution in [0.3, 0.4) is 0 Å². The summed E-state index contributed by atoms with van der Waals surface area (Å²) >= 11 is 0. The molecular formula is C32H33BO2. The molecule has 3 aromatic rings. The Labute approximate surface area is 210 Å². The third-order valence-corrected chi connectivity index (χ3v) is 6.91. The molecule has 0 spiro atoms. The molecule has 1 saturated heterocycles. The second-order valence-corrected chi connectivity index (χ2v) is 9.75. The van der Waals surface area contributed by atoms with Crippen LogP contribution in [-0.4, -0.2) is 18.3 Å². The van der Waals surface area contributed by atoms with Crippen molar-refractivity contribution in [2.24, 2.45) is 0 Å². The van der Waals surface area contributed by atoms with Crippen LogP contribution in [-0.2, 0) is 9.31 Å². The maximum absolute atomic E-state index is 6.27. The minimum atomic E-state index is -0.396. The maximum Gasteiger partial charge on any atom is 0.494 e. The van der Waals surface area contributed by atoms with Crippen LogP contribution in [0.25, 0.3) is 11.1 Å². The van der Waals surface area contributed by atoms with Crippen molar-refractivity contribution >= 4 is 23.7 Å². The lowest BCUT2D eigenvalue weighted by Crippen LogP contribution is -2.41. The number of allylic oxidation sites excluding steroid dienone is 5. The Kier molecular flexibility index (Phi) is 7.11. The van der Waals surface area contributed by atoms with Crippen LogP contribution in [0, 0.1) is 0 Å². The normalized spacial score (nSPS) is 16.6. The fourth-order valence-corrected chi connectivity index (χ4v) is 4.29. The summed E-state index contributed by atoms with van der Waals surface area (Å²) in [7, 11) is -0.396. The second kappa shape index (κ2) is 10.1. The highest BCUT2D eigenvalue weighted by atomic mass is 16.7.